The average molecular weight is 412 g/mol. The van der Waals surface area contributed by atoms with Crippen LogP contribution in [-0.2, 0) is 9.53 Å². The van der Waals surface area contributed by atoms with Crippen LogP contribution < -0.4 is 9.64 Å². The van der Waals surface area contributed by atoms with Crippen LogP contribution >= 0.6 is 0 Å². The zero-order valence-corrected chi connectivity index (χ0v) is 18.4. The Bertz CT molecular complexity index is 830. The molecule has 0 aromatic heterocycles. The summed E-state index contributed by atoms with van der Waals surface area (Å²) in [6, 6.07) is 8.12. The van der Waals surface area contributed by atoms with Crippen molar-refractivity contribution in [1.29, 1.82) is 0 Å². The smallest absolute Gasteiger partial charge is 0.254 e. The second kappa shape index (κ2) is 8.34. The monoisotopic (exact) mass is 411 g/mol. The Labute approximate surface area is 179 Å². The summed E-state index contributed by atoms with van der Waals surface area (Å²) in [5.74, 6) is 1.65. The standard InChI is InChI=1S/C24H33N3O3/c1-5-25-12-10-24(11-13-25)22(18(2)19(3)30-24)23(28)27-16-14-26(15-17-27)20-6-8-21(29-4)9-7-20/h6-9H,3,5,10-17H2,1-2,4H3. The minimum Gasteiger partial charge on any atom is -0.497 e. The fourth-order valence-corrected chi connectivity index (χ4v) is 4.90. The number of hydrogen-bond donors (Lipinski definition) is 0. The molecule has 1 spiro atoms. The number of anilines is 1. The molecule has 3 heterocycles. The number of rotatable bonds is 4. The number of amides is 1. The van der Waals surface area contributed by atoms with Crippen molar-refractivity contribution in [2.45, 2.75) is 32.3 Å². The maximum Gasteiger partial charge on any atom is 0.254 e. The minimum absolute atomic E-state index is 0.130. The van der Waals surface area contributed by atoms with E-state index in [1.54, 1.807) is 7.11 Å². The van der Waals surface area contributed by atoms with Crippen molar-refractivity contribution < 1.29 is 14.3 Å². The van der Waals surface area contributed by atoms with Gasteiger partial charge in [-0.25, -0.2) is 0 Å². The number of ether oxygens (including phenoxy) is 2. The molecular formula is C24H33N3O3. The third-order valence-corrected chi connectivity index (χ3v) is 6.90. The highest BCUT2D eigenvalue weighted by atomic mass is 16.5. The number of benzene rings is 1. The van der Waals surface area contributed by atoms with Gasteiger partial charge in [-0.1, -0.05) is 13.5 Å². The number of hydrogen-bond acceptors (Lipinski definition) is 5. The van der Waals surface area contributed by atoms with Gasteiger partial charge in [0, 0.05) is 63.4 Å². The van der Waals surface area contributed by atoms with E-state index in [-0.39, 0.29) is 5.91 Å². The molecule has 3 aliphatic rings. The minimum atomic E-state index is -0.489. The van der Waals surface area contributed by atoms with E-state index >= 15 is 0 Å². The first-order valence-electron chi connectivity index (χ1n) is 11.0. The van der Waals surface area contributed by atoms with E-state index in [0.29, 0.717) is 18.8 Å². The highest BCUT2D eigenvalue weighted by Crippen LogP contribution is 2.45. The van der Waals surface area contributed by atoms with Crippen LogP contribution in [0.25, 0.3) is 0 Å². The molecule has 3 aliphatic heterocycles. The molecule has 0 atom stereocenters. The normalized spacial score (nSPS) is 21.9. The summed E-state index contributed by atoms with van der Waals surface area (Å²) in [6.45, 7) is 14.3. The van der Waals surface area contributed by atoms with Crippen LogP contribution in [0.1, 0.15) is 26.7 Å². The molecule has 1 aromatic carbocycles. The van der Waals surface area contributed by atoms with E-state index < -0.39 is 5.60 Å². The molecule has 4 rings (SSSR count). The van der Waals surface area contributed by atoms with Gasteiger partial charge in [0.25, 0.3) is 5.91 Å². The van der Waals surface area contributed by atoms with Crippen LogP contribution in [0.3, 0.4) is 0 Å². The molecule has 162 valence electrons. The first kappa shape index (κ1) is 20.8. The molecule has 0 radical (unpaired) electrons. The zero-order valence-electron chi connectivity index (χ0n) is 18.4. The molecular weight excluding hydrogens is 378 g/mol. The Morgan fingerprint density at radius 3 is 2.30 bits per heavy atom. The number of carbonyl (C=O) groups is 1. The second-order valence-electron chi connectivity index (χ2n) is 8.43. The molecule has 0 saturated carbocycles. The Morgan fingerprint density at radius 2 is 1.73 bits per heavy atom. The lowest BCUT2D eigenvalue weighted by molar-refractivity contribution is -0.130. The van der Waals surface area contributed by atoms with Crippen molar-refractivity contribution >= 4 is 11.6 Å². The van der Waals surface area contributed by atoms with Gasteiger partial charge in [-0.15, -0.1) is 0 Å². The number of nitrogens with zero attached hydrogens (tertiary/aromatic N) is 3. The highest BCUT2D eigenvalue weighted by Gasteiger charge is 2.49. The van der Waals surface area contributed by atoms with Gasteiger partial charge in [0.1, 0.15) is 17.1 Å². The molecule has 1 aromatic rings. The summed E-state index contributed by atoms with van der Waals surface area (Å²) >= 11 is 0. The molecule has 6 heteroatoms. The lowest BCUT2D eigenvalue weighted by Crippen LogP contribution is -2.53. The maximum absolute atomic E-state index is 13.6. The Hall–Kier alpha value is -2.47. The number of methoxy groups -OCH3 is 1. The van der Waals surface area contributed by atoms with Gasteiger partial charge in [0.2, 0.25) is 0 Å². The lowest BCUT2D eigenvalue weighted by Gasteiger charge is -2.42. The van der Waals surface area contributed by atoms with Crippen LogP contribution in [0.15, 0.2) is 47.7 Å². The first-order valence-corrected chi connectivity index (χ1v) is 11.0. The number of likely N-dealkylation sites (tertiary alicyclic amines) is 1. The van der Waals surface area contributed by atoms with Crippen molar-refractivity contribution in [2.24, 2.45) is 0 Å². The predicted octanol–water partition coefficient (Wildman–Crippen LogP) is 3.06. The Morgan fingerprint density at radius 1 is 1.10 bits per heavy atom. The topological polar surface area (TPSA) is 45.2 Å². The fraction of sp³-hybridized carbons (Fsp3) is 0.542. The van der Waals surface area contributed by atoms with Crippen molar-refractivity contribution in [3.8, 4) is 5.75 Å². The van der Waals surface area contributed by atoms with E-state index in [4.69, 9.17) is 9.47 Å². The Kier molecular flexibility index (Phi) is 5.78. The van der Waals surface area contributed by atoms with E-state index in [9.17, 15) is 4.79 Å². The molecule has 0 bridgehead atoms. The molecule has 0 N–H and O–H groups in total. The largest absolute Gasteiger partial charge is 0.497 e. The van der Waals surface area contributed by atoms with E-state index in [1.165, 1.54) is 5.69 Å². The fourth-order valence-electron chi connectivity index (χ4n) is 4.90. The van der Waals surface area contributed by atoms with Gasteiger partial charge in [0.15, 0.2) is 0 Å². The van der Waals surface area contributed by atoms with Crippen LogP contribution in [0.4, 0.5) is 5.69 Å². The van der Waals surface area contributed by atoms with Crippen molar-refractivity contribution in [2.75, 3.05) is 57.8 Å². The maximum atomic E-state index is 13.6. The van der Waals surface area contributed by atoms with Gasteiger partial charge in [-0.2, -0.15) is 0 Å². The predicted molar refractivity (Wildman–Crippen MR) is 119 cm³/mol. The highest BCUT2D eigenvalue weighted by molar-refractivity contribution is 5.98. The summed E-state index contributed by atoms with van der Waals surface area (Å²) in [6.07, 6.45) is 1.70. The number of allylic oxidation sites excluding steroid dienone is 1. The Balaban J connectivity index is 1.45. The van der Waals surface area contributed by atoms with E-state index in [2.05, 4.69) is 35.4 Å². The van der Waals surface area contributed by atoms with E-state index in [0.717, 1.165) is 62.5 Å². The molecule has 6 nitrogen and oxygen atoms in total. The summed E-state index contributed by atoms with van der Waals surface area (Å²) < 4.78 is 11.5. The summed E-state index contributed by atoms with van der Waals surface area (Å²) in [7, 11) is 1.68. The lowest BCUT2D eigenvalue weighted by atomic mass is 9.82. The molecule has 2 saturated heterocycles. The van der Waals surface area contributed by atoms with Crippen LogP contribution in [0.5, 0.6) is 5.75 Å². The SMILES string of the molecule is C=C1OC2(CCN(CC)CC2)C(C(=O)N2CCN(c3ccc(OC)cc3)CC2)=C1C. The quantitative estimate of drug-likeness (QED) is 0.762. The summed E-state index contributed by atoms with van der Waals surface area (Å²) in [5.41, 5.74) is 2.46. The number of piperazine rings is 1. The third-order valence-electron chi connectivity index (χ3n) is 6.90. The second-order valence-corrected chi connectivity index (χ2v) is 8.43. The van der Waals surface area contributed by atoms with Gasteiger partial charge in [-0.3, -0.25) is 4.79 Å². The van der Waals surface area contributed by atoms with Crippen molar-refractivity contribution in [3.05, 3.63) is 47.7 Å². The molecule has 1 amide bonds. The molecule has 0 unspecified atom stereocenters. The van der Waals surface area contributed by atoms with Gasteiger partial charge in [-0.05, 0) is 37.7 Å². The third kappa shape index (κ3) is 3.69. The number of carbonyl (C=O) groups excluding carboxylic acids is 1. The van der Waals surface area contributed by atoms with Gasteiger partial charge < -0.3 is 24.2 Å². The molecule has 0 aliphatic carbocycles. The van der Waals surface area contributed by atoms with Crippen molar-refractivity contribution in [3.63, 3.8) is 0 Å². The van der Waals surface area contributed by atoms with Crippen LogP contribution in [0.2, 0.25) is 0 Å². The van der Waals surface area contributed by atoms with Crippen LogP contribution in [0, 0.1) is 0 Å². The molecule has 2 fully saturated rings. The van der Waals surface area contributed by atoms with E-state index in [1.807, 2.05) is 24.0 Å². The van der Waals surface area contributed by atoms with Gasteiger partial charge in [0.05, 0.1) is 12.7 Å². The average Bonchev–Trinajstić information content (AvgIpc) is 3.03. The zero-order chi connectivity index (χ0) is 21.3. The first-order chi connectivity index (χ1) is 14.5. The van der Waals surface area contributed by atoms with Crippen molar-refractivity contribution in [1.82, 2.24) is 9.80 Å². The summed E-state index contributed by atoms with van der Waals surface area (Å²) in [5, 5.41) is 0. The number of piperidine rings is 1. The summed E-state index contributed by atoms with van der Waals surface area (Å²) in [4.78, 5) is 20.3. The molecule has 30 heavy (non-hydrogen) atoms. The van der Waals surface area contributed by atoms with Gasteiger partial charge >= 0.3 is 0 Å². The van der Waals surface area contributed by atoms with Crippen LogP contribution in [-0.4, -0.2) is 74.2 Å².